The highest BCUT2D eigenvalue weighted by molar-refractivity contribution is 5.96. The van der Waals surface area contributed by atoms with Crippen molar-refractivity contribution < 1.29 is 19.1 Å². The van der Waals surface area contributed by atoms with Gasteiger partial charge in [-0.2, -0.15) is 0 Å². The average Bonchev–Trinajstić information content (AvgIpc) is 2.63. The summed E-state index contributed by atoms with van der Waals surface area (Å²) in [6.45, 7) is 1.98. The van der Waals surface area contributed by atoms with E-state index in [2.05, 4.69) is 10.6 Å². The lowest BCUT2D eigenvalue weighted by Gasteiger charge is -2.11. The van der Waals surface area contributed by atoms with Crippen LogP contribution < -0.4 is 10.6 Å². The van der Waals surface area contributed by atoms with Crippen LogP contribution in [-0.2, 0) is 20.7 Å². The zero-order valence-corrected chi connectivity index (χ0v) is 14.9. The van der Waals surface area contributed by atoms with Crippen molar-refractivity contribution in [3.8, 4) is 0 Å². The van der Waals surface area contributed by atoms with Crippen molar-refractivity contribution in [2.75, 3.05) is 19.0 Å². The van der Waals surface area contributed by atoms with Crippen LogP contribution >= 0.6 is 0 Å². The number of methoxy groups -OCH3 is 1. The Hall–Kier alpha value is -3.15. The highest BCUT2D eigenvalue weighted by atomic mass is 16.5. The number of hydrogen-bond acceptors (Lipinski definition) is 4. The molecule has 0 heterocycles. The van der Waals surface area contributed by atoms with E-state index in [9.17, 15) is 14.4 Å². The molecule has 2 N–H and O–H groups in total. The van der Waals surface area contributed by atoms with Crippen LogP contribution in [0.5, 0.6) is 0 Å². The largest absolute Gasteiger partial charge is 0.465 e. The highest BCUT2D eigenvalue weighted by Gasteiger charge is 2.13. The number of ether oxygens (including phenoxy) is 1. The second-order valence-corrected chi connectivity index (χ2v) is 5.78. The van der Waals surface area contributed by atoms with Crippen LogP contribution in [0.3, 0.4) is 0 Å². The fourth-order valence-corrected chi connectivity index (χ4v) is 2.47. The molecule has 0 aliphatic heterocycles. The summed E-state index contributed by atoms with van der Waals surface area (Å²) >= 11 is 0. The maximum atomic E-state index is 12.1. The summed E-state index contributed by atoms with van der Waals surface area (Å²) in [7, 11) is 1.31. The fourth-order valence-electron chi connectivity index (χ4n) is 2.47. The topological polar surface area (TPSA) is 84.5 Å². The molecule has 26 heavy (non-hydrogen) atoms. The van der Waals surface area contributed by atoms with Crippen LogP contribution in [0.25, 0.3) is 0 Å². The molecule has 0 saturated carbocycles. The first-order valence-electron chi connectivity index (χ1n) is 8.29. The molecule has 0 aromatic heterocycles. The first kappa shape index (κ1) is 19.2. The monoisotopic (exact) mass is 354 g/mol. The van der Waals surface area contributed by atoms with Crippen molar-refractivity contribution in [3.05, 3.63) is 65.2 Å². The van der Waals surface area contributed by atoms with Gasteiger partial charge in [-0.15, -0.1) is 0 Å². The Kier molecular flexibility index (Phi) is 6.91. The van der Waals surface area contributed by atoms with Crippen molar-refractivity contribution in [1.82, 2.24) is 5.32 Å². The molecule has 0 atom stereocenters. The average molecular weight is 354 g/mol. The molecule has 0 aliphatic carbocycles. The maximum Gasteiger partial charge on any atom is 0.338 e. The van der Waals surface area contributed by atoms with Gasteiger partial charge in [-0.25, -0.2) is 4.79 Å². The van der Waals surface area contributed by atoms with Crippen molar-refractivity contribution >= 4 is 23.5 Å². The van der Waals surface area contributed by atoms with Gasteiger partial charge in [-0.3, -0.25) is 9.59 Å². The molecule has 2 rings (SSSR count). The number of rotatable bonds is 7. The number of carbonyl (C=O) groups excluding carboxylic acids is 3. The lowest BCUT2D eigenvalue weighted by Crippen LogP contribution is -2.29. The third kappa shape index (κ3) is 5.44. The maximum absolute atomic E-state index is 12.1. The molecule has 0 spiro atoms. The van der Waals surface area contributed by atoms with Gasteiger partial charge < -0.3 is 15.4 Å². The highest BCUT2D eigenvalue weighted by Crippen LogP contribution is 2.19. The second-order valence-electron chi connectivity index (χ2n) is 5.78. The molecular formula is C20H22N2O4. The molecule has 0 aliphatic rings. The molecule has 6 nitrogen and oxygen atoms in total. The van der Waals surface area contributed by atoms with E-state index in [-0.39, 0.29) is 31.2 Å². The van der Waals surface area contributed by atoms with Crippen molar-refractivity contribution in [2.45, 2.75) is 19.8 Å². The molecule has 0 fully saturated rings. The molecule has 2 amide bonds. The number of nitrogens with one attached hydrogen (secondary N) is 2. The van der Waals surface area contributed by atoms with Gasteiger partial charge in [0, 0.05) is 18.7 Å². The van der Waals surface area contributed by atoms with Gasteiger partial charge >= 0.3 is 5.97 Å². The minimum Gasteiger partial charge on any atom is -0.465 e. The third-order valence-electron chi connectivity index (χ3n) is 3.89. The van der Waals surface area contributed by atoms with Crippen LogP contribution in [0.4, 0.5) is 5.69 Å². The summed E-state index contributed by atoms with van der Waals surface area (Å²) in [5.74, 6) is -0.824. The summed E-state index contributed by atoms with van der Waals surface area (Å²) < 4.78 is 4.72. The van der Waals surface area contributed by atoms with Gasteiger partial charge in [0.05, 0.1) is 19.1 Å². The van der Waals surface area contributed by atoms with Crippen molar-refractivity contribution in [2.24, 2.45) is 0 Å². The Morgan fingerprint density at radius 2 is 1.69 bits per heavy atom. The zero-order chi connectivity index (χ0) is 18.9. The van der Waals surface area contributed by atoms with E-state index in [1.807, 2.05) is 30.3 Å². The van der Waals surface area contributed by atoms with E-state index in [1.54, 1.807) is 25.1 Å². The van der Waals surface area contributed by atoms with Crippen molar-refractivity contribution in [3.63, 3.8) is 0 Å². The molecule has 2 aromatic rings. The summed E-state index contributed by atoms with van der Waals surface area (Å²) in [4.78, 5) is 35.6. The first-order valence-corrected chi connectivity index (χ1v) is 8.29. The summed E-state index contributed by atoms with van der Waals surface area (Å²) in [6, 6.07) is 14.4. The van der Waals surface area contributed by atoms with Gasteiger partial charge in [0.15, 0.2) is 0 Å². The van der Waals surface area contributed by atoms with Gasteiger partial charge in [0.25, 0.3) is 0 Å². The number of hydrogen-bond donors (Lipinski definition) is 2. The Balaban J connectivity index is 1.82. The summed E-state index contributed by atoms with van der Waals surface area (Å²) in [5.41, 5.74) is 2.51. The lowest BCUT2D eigenvalue weighted by molar-refractivity contribution is -0.120. The molecule has 136 valence electrons. The van der Waals surface area contributed by atoms with Crippen LogP contribution in [0.15, 0.2) is 48.5 Å². The number of benzene rings is 2. The molecule has 0 bridgehead atoms. The van der Waals surface area contributed by atoms with Crippen LogP contribution in [0, 0.1) is 6.92 Å². The van der Waals surface area contributed by atoms with Crippen LogP contribution in [0.2, 0.25) is 0 Å². The van der Waals surface area contributed by atoms with Gasteiger partial charge in [0.2, 0.25) is 11.8 Å². The lowest BCUT2D eigenvalue weighted by atomic mass is 10.1. The quantitative estimate of drug-likeness (QED) is 0.748. The Morgan fingerprint density at radius 3 is 2.38 bits per heavy atom. The Morgan fingerprint density at radius 1 is 0.962 bits per heavy atom. The van der Waals surface area contributed by atoms with Crippen molar-refractivity contribution in [1.29, 1.82) is 0 Å². The fraction of sp³-hybridized carbons (Fsp3) is 0.250. The van der Waals surface area contributed by atoms with Gasteiger partial charge in [-0.05, 0) is 30.2 Å². The Bertz CT molecular complexity index is 788. The van der Waals surface area contributed by atoms with E-state index >= 15 is 0 Å². The van der Waals surface area contributed by atoms with E-state index in [4.69, 9.17) is 4.74 Å². The molecule has 0 saturated heterocycles. The van der Waals surface area contributed by atoms with E-state index < -0.39 is 5.97 Å². The van der Waals surface area contributed by atoms with Crippen LogP contribution in [0.1, 0.15) is 27.9 Å². The van der Waals surface area contributed by atoms with Gasteiger partial charge in [-0.1, -0.05) is 36.4 Å². The van der Waals surface area contributed by atoms with Gasteiger partial charge in [0.1, 0.15) is 0 Å². The number of amides is 2. The molecule has 6 heteroatoms. The molecule has 0 radical (unpaired) electrons. The van der Waals surface area contributed by atoms with Crippen LogP contribution in [-0.4, -0.2) is 31.4 Å². The number of carbonyl (C=O) groups is 3. The molecular weight excluding hydrogens is 332 g/mol. The normalized spacial score (nSPS) is 10.1. The zero-order valence-electron chi connectivity index (χ0n) is 14.9. The third-order valence-corrected chi connectivity index (χ3v) is 3.89. The standard InChI is InChI=1S/C20H22N2O4/c1-14-16(20(25)26-2)9-6-10-17(14)22-18(23)11-12-21-19(24)13-15-7-4-3-5-8-15/h3-10H,11-13H2,1-2H3,(H,21,24)(H,22,23). The minimum absolute atomic E-state index is 0.132. The SMILES string of the molecule is COC(=O)c1cccc(NC(=O)CCNC(=O)Cc2ccccc2)c1C. The van der Waals surface area contributed by atoms with E-state index in [1.165, 1.54) is 7.11 Å². The van der Waals surface area contributed by atoms with E-state index in [0.29, 0.717) is 16.8 Å². The first-order chi connectivity index (χ1) is 12.5. The summed E-state index contributed by atoms with van der Waals surface area (Å²) in [6.07, 6.45) is 0.422. The number of esters is 1. The second kappa shape index (κ2) is 9.36. The smallest absolute Gasteiger partial charge is 0.338 e. The molecule has 0 unspecified atom stereocenters. The molecule has 2 aromatic carbocycles. The van der Waals surface area contributed by atoms with E-state index in [0.717, 1.165) is 5.56 Å². The predicted molar refractivity (Wildman–Crippen MR) is 98.9 cm³/mol. The Labute approximate surface area is 152 Å². The number of anilines is 1. The minimum atomic E-state index is -0.452. The predicted octanol–water partition coefficient (Wildman–Crippen LogP) is 2.47. The summed E-state index contributed by atoms with van der Waals surface area (Å²) in [5, 5.41) is 5.48.